The van der Waals surface area contributed by atoms with Crippen molar-refractivity contribution in [2.24, 2.45) is 0 Å². The second-order valence-corrected chi connectivity index (χ2v) is 4.70. The summed E-state index contributed by atoms with van der Waals surface area (Å²) in [5.74, 6) is -0.0608. The molecule has 0 radical (unpaired) electrons. The van der Waals surface area contributed by atoms with Crippen LogP contribution in [0.1, 0.15) is 25.1 Å². The molecule has 0 saturated carbocycles. The molecule has 0 spiro atoms. The fourth-order valence-electron chi connectivity index (χ4n) is 2.04. The van der Waals surface area contributed by atoms with Crippen LogP contribution in [0.3, 0.4) is 0 Å². The van der Waals surface area contributed by atoms with Gasteiger partial charge in [0.15, 0.2) is 0 Å². The number of nitrogens with one attached hydrogen (secondary N) is 2. The number of anilines is 2. The van der Waals surface area contributed by atoms with Gasteiger partial charge in [0.05, 0.1) is 12.2 Å². The van der Waals surface area contributed by atoms with Gasteiger partial charge < -0.3 is 10.6 Å². The van der Waals surface area contributed by atoms with Gasteiger partial charge in [0.2, 0.25) is 5.91 Å². The molecular formula is C15H20N4O. The van der Waals surface area contributed by atoms with Crippen molar-refractivity contribution < 1.29 is 4.79 Å². The number of rotatable bonds is 5. The summed E-state index contributed by atoms with van der Waals surface area (Å²) < 4.78 is 1.95. The van der Waals surface area contributed by atoms with Gasteiger partial charge >= 0.3 is 0 Å². The Balaban J connectivity index is 2.08. The Morgan fingerprint density at radius 3 is 2.85 bits per heavy atom. The van der Waals surface area contributed by atoms with E-state index in [1.54, 1.807) is 6.20 Å². The largest absolute Gasteiger partial charge is 0.379 e. The normalized spacial score (nSPS) is 10.3. The van der Waals surface area contributed by atoms with Gasteiger partial charge in [0.25, 0.3) is 0 Å². The summed E-state index contributed by atoms with van der Waals surface area (Å²) in [5, 5.41) is 10.4. The average molecular weight is 272 g/mol. The van der Waals surface area contributed by atoms with E-state index in [0.29, 0.717) is 6.54 Å². The van der Waals surface area contributed by atoms with Crippen molar-refractivity contribution in [2.45, 2.75) is 33.9 Å². The molecule has 1 aromatic carbocycles. The molecule has 2 rings (SSSR count). The van der Waals surface area contributed by atoms with Crippen LogP contribution >= 0.6 is 0 Å². The maximum Gasteiger partial charge on any atom is 0.221 e. The third-order valence-electron chi connectivity index (χ3n) is 3.13. The molecule has 0 fully saturated rings. The smallest absolute Gasteiger partial charge is 0.221 e. The Bertz CT molecular complexity index is 604. The van der Waals surface area contributed by atoms with Crippen LogP contribution in [0.4, 0.5) is 11.4 Å². The fraction of sp³-hybridized carbons (Fsp3) is 0.333. The van der Waals surface area contributed by atoms with Crippen molar-refractivity contribution >= 4 is 17.3 Å². The minimum atomic E-state index is -0.0608. The molecule has 0 aliphatic rings. The lowest BCUT2D eigenvalue weighted by atomic mass is 10.1. The summed E-state index contributed by atoms with van der Waals surface area (Å²) in [6.45, 7) is 7.11. The maximum absolute atomic E-state index is 11.2. The fourth-order valence-corrected chi connectivity index (χ4v) is 2.04. The Kier molecular flexibility index (Phi) is 4.40. The molecule has 2 N–H and O–H groups in total. The first-order valence-electron chi connectivity index (χ1n) is 6.73. The molecule has 0 unspecified atom stereocenters. The zero-order valence-electron chi connectivity index (χ0n) is 12.1. The topological polar surface area (TPSA) is 59.0 Å². The van der Waals surface area contributed by atoms with Crippen molar-refractivity contribution in [3.05, 3.63) is 41.7 Å². The monoisotopic (exact) mass is 272 g/mol. The van der Waals surface area contributed by atoms with Gasteiger partial charge in [-0.1, -0.05) is 6.07 Å². The number of benzene rings is 1. The summed E-state index contributed by atoms with van der Waals surface area (Å²) in [6, 6.07) is 7.95. The number of aryl methyl sites for hydroxylation is 2. The Morgan fingerprint density at radius 1 is 1.35 bits per heavy atom. The Labute approximate surface area is 119 Å². The molecule has 106 valence electrons. The standard InChI is InChI=1S/C15H20N4O/c1-4-19-14(7-8-17-19)10-16-13-6-5-11(2)15(9-13)18-12(3)20/h5-9,16H,4,10H2,1-3H3,(H,18,20). The SMILES string of the molecule is CCn1nccc1CNc1ccc(C)c(NC(C)=O)c1. The molecule has 1 heterocycles. The van der Waals surface area contributed by atoms with Crippen molar-refractivity contribution in [3.8, 4) is 0 Å². The molecule has 20 heavy (non-hydrogen) atoms. The van der Waals surface area contributed by atoms with Crippen molar-refractivity contribution in [2.75, 3.05) is 10.6 Å². The first-order valence-corrected chi connectivity index (χ1v) is 6.73. The summed E-state index contributed by atoms with van der Waals surface area (Å²) >= 11 is 0. The molecule has 2 aromatic rings. The molecule has 0 atom stereocenters. The van der Waals surface area contributed by atoms with Crippen LogP contribution in [-0.2, 0) is 17.9 Å². The number of aromatic nitrogens is 2. The van der Waals surface area contributed by atoms with Gasteiger partial charge in [-0.2, -0.15) is 5.10 Å². The predicted molar refractivity (Wildman–Crippen MR) is 80.7 cm³/mol. The third-order valence-corrected chi connectivity index (χ3v) is 3.13. The van der Waals surface area contributed by atoms with E-state index in [-0.39, 0.29) is 5.91 Å². The highest BCUT2D eigenvalue weighted by atomic mass is 16.1. The van der Waals surface area contributed by atoms with Crippen LogP contribution in [0.15, 0.2) is 30.5 Å². The van der Waals surface area contributed by atoms with Crippen molar-refractivity contribution in [1.29, 1.82) is 0 Å². The van der Waals surface area contributed by atoms with E-state index in [9.17, 15) is 4.79 Å². The molecule has 0 aliphatic carbocycles. The second kappa shape index (κ2) is 6.23. The molecule has 0 bridgehead atoms. The van der Waals surface area contributed by atoms with Crippen molar-refractivity contribution in [1.82, 2.24) is 9.78 Å². The summed E-state index contributed by atoms with van der Waals surface area (Å²) in [6.07, 6.45) is 1.80. The summed E-state index contributed by atoms with van der Waals surface area (Å²) in [5.41, 5.74) is 3.99. The molecule has 1 amide bonds. The van der Waals surface area contributed by atoms with E-state index in [0.717, 1.165) is 29.2 Å². The number of hydrogen-bond donors (Lipinski definition) is 2. The molecule has 1 aromatic heterocycles. The van der Waals surface area contributed by atoms with Gasteiger partial charge in [0.1, 0.15) is 0 Å². The zero-order chi connectivity index (χ0) is 14.5. The van der Waals surface area contributed by atoms with Crippen LogP contribution in [-0.4, -0.2) is 15.7 Å². The highest BCUT2D eigenvalue weighted by molar-refractivity contribution is 5.90. The maximum atomic E-state index is 11.2. The second-order valence-electron chi connectivity index (χ2n) is 4.70. The van der Waals surface area contributed by atoms with Crippen LogP contribution in [0.25, 0.3) is 0 Å². The number of carbonyl (C=O) groups excluding carboxylic acids is 1. The van der Waals surface area contributed by atoms with E-state index < -0.39 is 0 Å². The highest BCUT2D eigenvalue weighted by Gasteiger charge is 2.04. The Morgan fingerprint density at radius 2 is 2.15 bits per heavy atom. The number of amides is 1. The van der Waals surface area contributed by atoms with E-state index in [2.05, 4.69) is 22.7 Å². The van der Waals surface area contributed by atoms with Crippen LogP contribution in [0.5, 0.6) is 0 Å². The zero-order valence-corrected chi connectivity index (χ0v) is 12.1. The van der Waals surface area contributed by atoms with Crippen LogP contribution in [0.2, 0.25) is 0 Å². The first kappa shape index (κ1) is 14.1. The lowest BCUT2D eigenvalue weighted by Gasteiger charge is -2.12. The highest BCUT2D eigenvalue weighted by Crippen LogP contribution is 2.20. The third kappa shape index (κ3) is 3.38. The number of carbonyl (C=O) groups is 1. The quantitative estimate of drug-likeness (QED) is 0.880. The lowest BCUT2D eigenvalue weighted by Crippen LogP contribution is -2.09. The number of hydrogen-bond acceptors (Lipinski definition) is 3. The molecule has 5 heteroatoms. The van der Waals surface area contributed by atoms with Crippen LogP contribution < -0.4 is 10.6 Å². The average Bonchev–Trinajstić information content (AvgIpc) is 2.86. The van der Waals surface area contributed by atoms with E-state index in [4.69, 9.17) is 0 Å². The van der Waals surface area contributed by atoms with Gasteiger partial charge in [-0.15, -0.1) is 0 Å². The van der Waals surface area contributed by atoms with E-state index >= 15 is 0 Å². The van der Waals surface area contributed by atoms with Gasteiger partial charge in [0, 0.05) is 31.0 Å². The lowest BCUT2D eigenvalue weighted by molar-refractivity contribution is -0.114. The number of nitrogens with zero attached hydrogens (tertiary/aromatic N) is 2. The summed E-state index contributed by atoms with van der Waals surface area (Å²) in [7, 11) is 0. The first-order chi connectivity index (χ1) is 9.60. The minimum Gasteiger partial charge on any atom is -0.379 e. The minimum absolute atomic E-state index is 0.0608. The van der Waals surface area contributed by atoms with E-state index in [1.165, 1.54) is 6.92 Å². The van der Waals surface area contributed by atoms with E-state index in [1.807, 2.05) is 35.9 Å². The molecule has 5 nitrogen and oxygen atoms in total. The molecule has 0 aliphatic heterocycles. The van der Waals surface area contributed by atoms with Crippen molar-refractivity contribution in [3.63, 3.8) is 0 Å². The van der Waals surface area contributed by atoms with Crippen LogP contribution in [0, 0.1) is 6.92 Å². The summed E-state index contributed by atoms with van der Waals surface area (Å²) in [4.78, 5) is 11.2. The molecular weight excluding hydrogens is 252 g/mol. The van der Waals surface area contributed by atoms with Gasteiger partial charge in [-0.3, -0.25) is 9.48 Å². The Hall–Kier alpha value is -2.30. The predicted octanol–water partition coefficient (Wildman–Crippen LogP) is 2.78. The molecule has 0 saturated heterocycles. The van der Waals surface area contributed by atoms with Gasteiger partial charge in [-0.25, -0.2) is 0 Å². The van der Waals surface area contributed by atoms with Gasteiger partial charge in [-0.05, 0) is 37.6 Å².